The van der Waals surface area contributed by atoms with Crippen molar-refractivity contribution in [2.75, 3.05) is 0 Å². The van der Waals surface area contributed by atoms with Gasteiger partial charge in [-0.15, -0.1) is 0 Å². The monoisotopic (exact) mass is 242 g/mol. The molecule has 1 N–H and O–H groups in total. The highest BCUT2D eigenvalue weighted by molar-refractivity contribution is 6.99. The van der Waals surface area contributed by atoms with Crippen LogP contribution in [0.5, 0.6) is 0 Å². The molecule has 0 aliphatic rings. The Hall–Kier alpha value is -1.40. The van der Waals surface area contributed by atoms with Crippen LogP contribution in [0.25, 0.3) is 0 Å². The first-order valence-corrected chi connectivity index (χ1v) is 5.29. The third kappa shape index (κ3) is 2.40. The first kappa shape index (κ1) is 11.1. The van der Waals surface area contributed by atoms with Crippen LogP contribution in [0.4, 0.5) is 8.78 Å². The Balaban J connectivity index is 2.17. The van der Waals surface area contributed by atoms with E-state index in [4.69, 9.17) is 0 Å². The minimum atomic E-state index is -0.963. The molecule has 0 amide bonds. The molecule has 1 aromatic heterocycles. The van der Waals surface area contributed by atoms with Crippen molar-refractivity contribution in [3.63, 3.8) is 0 Å². The van der Waals surface area contributed by atoms with Crippen molar-refractivity contribution in [2.24, 2.45) is 0 Å². The molecule has 0 aliphatic carbocycles. The Morgan fingerprint density at radius 1 is 1.38 bits per heavy atom. The van der Waals surface area contributed by atoms with Gasteiger partial charge in [0.1, 0.15) is 23.4 Å². The molecule has 0 spiro atoms. The zero-order valence-corrected chi connectivity index (χ0v) is 8.92. The van der Waals surface area contributed by atoms with E-state index in [1.165, 1.54) is 6.20 Å². The van der Waals surface area contributed by atoms with Crippen LogP contribution in [0.1, 0.15) is 17.4 Å². The molecule has 0 fully saturated rings. The molecule has 1 atom stereocenters. The quantitative estimate of drug-likeness (QED) is 0.896. The van der Waals surface area contributed by atoms with E-state index in [2.05, 4.69) is 8.75 Å². The number of rotatable bonds is 3. The maximum absolute atomic E-state index is 13.3. The number of halogens is 2. The molecule has 0 aliphatic heterocycles. The molecule has 1 heterocycles. The first-order valence-electron chi connectivity index (χ1n) is 4.56. The van der Waals surface area contributed by atoms with E-state index in [9.17, 15) is 13.9 Å². The molecule has 0 radical (unpaired) electrons. The number of hydrogen-bond donors (Lipinski definition) is 1. The van der Waals surface area contributed by atoms with Gasteiger partial charge in [-0.25, -0.2) is 8.78 Å². The van der Waals surface area contributed by atoms with Gasteiger partial charge in [0.05, 0.1) is 17.9 Å². The first-order chi connectivity index (χ1) is 7.66. The van der Waals surface area contributed by atoms with Gasteiger partial charge in [-0.2, -0.15) is 8.75 Å². The summed E-state index contributed by atoms with van der Waals surface area (Å²) in [5, 5.41) is 9.69. The molecule has 84 valence electrons. The van der Waals surface area contributed by atoms with E-state index < -0.39 is 17.7 Å². The molecule has 3 nitrogen and oxygen atoms in total. The van der Waals surface area contributed by atoms with Gasteiger partial charge in [-0.3, -0.25) is 0 Å². The molecule has 0 saturated carbocycles. The number of benzene rings is 1. The van der Waals surface area contributed by atoms with Gasteiger partial charge in [0.2, 0.25) is 0 Å². The molecule has 2 aromatic rings. The van der Waals surface area contributed by atoms with Crippen LogP contribution in [-0.2, 0) is 6.42 Å². The fourth-order valence-electron chi connectivity index (χ4n) is 1.33. The second kappa shape index (κ2) is 4.63. The lowest BCUT2D eigenvalue weighted by Gasteiger charge is -2.08. The summed E-state index contributed by atoms with van der Waals surface area (Å²) in [4.78, 5) is 0. The Kier molecular flexibility index (Phi) is 3.21. The standard InChI is InChI=1S/C10H8F2N2OS/c11-7-1-2-8(12)6(3-7)4-10(15)9-5-13-16-14-9/h1-3,5,10,15H,4H2. The molecular formula is C10H8F2N2OS. The van der Waals surface area contributed by atoms with E-state index in [0.29, 0.717) is 5.69 Å². The number of hydrogen-bond acceptors (Lipinski definition) is 4. The SMILES string of the molecule is OC(Cc1cc(F)ccc1F)c1cnsn1. The van der Waals surface area contributed by atoms with Crippen molar-refractivity contribution in [3.05, 3.63) is 47.3 Å². The lowest BCUT2D eigenvalue weighted by atomic mass is 10.1. The van der Waals surface area contributed by atoms with Crippen LogP contribution < -0.4 is 0 Å². The zero-order valence-electron chi connectivity index (χ0n) is 8.10. The average Bonchev–Trinajstić information content (AvgIpc) is 2.76. The maximum Gasteiger partial charge on any atom is 0.126 e. The number of aromatic nitrogens is 2. The second-order valence-electron chi connectivity index (χ2n) is 3.29. The van der Waals surface area contributed by atoms with Crippen molar-refractivity contribution in [1.29, 1.82) is 0 Å². The largest absolute Gasteiger partial charge is 0.386 e. The van der Waals surface area contributed by atoms with E-state index in [1.54, 1.807) is 0 Å². The van der Waals surface area contributed by atoms with Crippen molar-refractivity contribution < 1.29 is 13.9 Å². The predicted molar refractivity (Wildman–Crippen MR) is 54.9 cm³/mol. The van der Waals surface area contributed by atoms with Crippen LogP contribution in [0.2, 0.25) is 0 Å². The van der Waals surface area contributed by atoms with E-state index in [0.717, 1.165) is 29.9 Å². The Labute approximate surface area is 94.7 Å². The maximum atomic E-state index is 13.3. The molecule has 1 unspecified atom stereocenters. The lowest BCUT2D eigenvalue weighted by Crippen LogP contribution is -2.04. The summed E-state index contributed by atoms with van der Waals surface area (Å²) < 4.78 is 33.7. The van der Waals surface area contributed by atoms with Gasteiger partial charge in [0.25, 0.3) is 0 Å². The molecule has 1 aromatic carbocycles. The van der Waals surface area contributed by atoms with Crippen LogP contribution in [0, 0.1) is 11.6 Å². The van der Waals surface area contributed by atoms with Crippen molar-refractivity contribution >= 4 is 11.7 Å². The van der Waals surface area contributed by atoms with E-state index in [1.807, 2.05) is 0 Å². The average molecular weight is 242 g/mol. The highest BCUT2D eigenvalue weighted by Crippen LogP contribution is 2.19. The smallest absolute Gasteiger partial charge is 0.126 e. The van der Waals surface area contributed by atoms with Crippen molar-refractivity contribution in [1.82, 2.24) is 8.75 Å². The summed E-state index contributed by atoms with van der Waals surface area (Å²) >= 11 is 0.958. The van der Waals surface area contributed by atoms with E-state index >= 15 is 0 Å². The minimum Gasteiger partial charge on any atom is -0.386 e. The van der Waals surface area contributed by atoms with Gasteiger partial charge >= 0.3 is 0 Å². The summed E-state index contributed by atoms with van der Waals surface area (Å²) in [6.45, 7) is 0. The van der Waals surface area contributed by atoms with Crippen LogP contribution in [0.15, 0.2) is 24.4 Å². The van der Waals surface area contributed by atoms with Gasteiger partial charge < -0.3 is 5.11 Å². The predicted octanol–water partition coefficient (Wildman–Crippen LogP) is 2.09. The molecule has 6 heteroatoms. The van der Waals surface area contributed by atoms with Gasteiger partial charge in [0.15, 0.2) is 0 Å². The topological polar surface area (TPSA) is 46.0 Å². The number of aliphatic hydroxyl groups is 1. The Bertz CT molecular complexity index is 476. The summed E-state index contributed by atoms with van der Waals surface area (Å²) in [7, 11) is 0. The third-order valence-corrected chi connectivity index (χ3v) is 2.63. The summed E-state index contributed by atoms with van der Waals surface area (Å²) in [5.74, 6) is -1.07. The number of aliphatic hydroxyl groups excluding tert-OH is 1. The van der Waals surface area contributed by atoms with Gasteiger partial charge in [0, 0.05) is 6.42 Å². The summed E-state index contributed by atoms with van der Waals surface area (Å²) in [6, 6.07) is 3.14. The normalized spacial score (nSPS) is 12.7. The minimum absolute atomic E-state index is 0.0188. The third-order valence-electron chi connectivity index (χ3n) is 2.14. The molecular weight excluding hydrogens is 234 g/mol. The Morgan fingerprint density at radius 3 is 2.88 bits per heavy atom. The molecule has 0 bridgehead atoms. The Morgan fingerprint density at radius 2 is 2.19 bits per heavy atom. The number of nitrogens with zero attached hydrogens (tertiary/aromatic N) is 2. The van der Waals surface area contributed by atoms with Crippen molar-refractivity contribution in [2.45, 2.75) is 12.5 Å². The summed E-state index contributed by atoms with van der Waals surface area (Å²) in [5.41, 5.74) is 0.495. The van der Waals surface area contributed by atoms with E-state index in [-0.39, 0.29) is 12.0 Å². The van der Waals surface area contributed by atoms with Gasteiger partial charge in [-0.05, 0) is 23.8 Å². The summed E-state index contributed by atoms with van der Waals surface area (Å²) in [6.07, 6.45) is 0.428. The van der Waals surface area contributed by atoms with Gasteiger partial charge in [-0.1, -0.05) is 0 Å². The highest BCUT2D eigenvalue weighted by atomic mass is 32.1. The molecule has 16 heavy (non-hydrogen) atoms. The molecule has 2 rings (SSSR count). The van der Waals surface area contributed by atoms with Crippen LogP contribution in [-0.4, -0.2) is 13.9 Å². The second-order valence-corrected chi connectivity index (χ2v) is 3.84. The zero-order chi connectivity index (χ0) is 11.5. The van der Waals surface area contributed by atoms with Crippen LogP contribution >= 0.6 is 11.7 Å². The fourth-order valence-corrected chi connectivity index (χ4v) is 1.80. The van der Waals surface area contributed by atoms with Crippen LogP contribution in [0.3, 0.4) is 0 Å². The highest BCUT2D eigenvalue weighted by Gasteiger charge is 2.14. The molecule has 0 saturated heterocycles. The van der Waals surface area contributed by atoms with Crippen molar-refractivity contribution in [3.8, 4) is 0 Å². The fraction of sp³-hybridized carbons (Fsp3) is 0.200. The lowest BCUT2D eigenvalue weighted by molar-refractivity contribution is 0.173.